The Balaban J connectivity index is 1.89. The lowest BCUT2D eigenvalue weighted by Gasteiger charge is -2.19. The Labute approximate surface area is 177 Å². The maximum absolute atomic E-state index is 13.4. The van der Waals surface area contributed by atoms with Gasteiger partial charge in [0.25, 0.3) is 0 Å². The molecule has 0 aromatic heterocycles. The van der Waals surface area contributed by atoms with Gasteiger partial charge in [-0.3, -0.25) is 4.79 Å². The van der Waals surface area contributed by atoms with E-state index in [2.05, 4.69) is 5.32 Å². The van der Waals surface area contributed by atoms with Crippen LogP contribution in [-0.2, 0) is 14.8 Å². The molecule has 2 aromatic rings. The first kappa shape index (κ1) is 22.2. The van der Waals surface area contributed by atoms with Crippen molar-refractivity contribution >= 4 is 15.9 Å². The van der Waals surface area contributed by atoms with Crippen molar-refractivity contribution < 1.29 is 22.3 Å². The average molecular weight is 435 g/mol. The summed E-state index contributed by atoms with van der Waals surface area (Å²) in [6.07, 6.45) is 0. The van der Waals surface area contributed by atoms with Gasteiger partial charge in [-0.15, -0.1) is 0 Å². The highest BCUT2D eigenvalue weighted by atomic mass is 32.2. The fourth-order valence-electron chi connectivity index (χ4n) is 3.61. The van der Waals surface area contributed by atoms with Crippen LogP contribution in [0.2, 0.25) is 0 Å². The Bertz CT molecular complexity index is 975. The van der Waals surface area contributed by atoms with Crippen molar-refractivity contribution in [3.8, 4) is 5.75 Å². The number of carbonyl (C=O) groups is 1. The Kier molecular flexibility index (Phi) is 6.77. The molecule has 0 aliphatic carbocycles. The normalized spacial score (nSPS) is 19.8. The number of amides is 1. The SMILES string of the molecule is COc1ccc(S(=O)(=O)N2C[C@H](C(=O)NCC(C)C)[C@@H](c3ccc(F)cc3)C2)cc1. The van der Waals surface area contributed by atoms with E-state index in [0.29, 0.717) is 12.3 Å². The fourth-order valence-corrected chi connectivity index (χ4v) is 5.10. The van der Waals surface area contributed by atoms with Crippen molar-refractivity contribution in [2.75, 3.05) is 26.7 Å². The zero-order chi connectivity index (χ0) is 21.9. The Morgan fingerprint density at radius 1 is 1.13 bits per heavy atom. The monoisotopic (exact) mass is 434 g/mol. The molecule has 0 unspecified atom stereocenters. The van der Waals surface area contributed by atoms with E-state index in [9.17, 15) is 17.6 Å². The smallest absolute Gasteiger partial charge is 0.243 e. The van der Waals surface area contributed by atoms with Gasteiger partial charge in [0.05, 0.1) is 17.9 Å². The number of methoxy groups -OCH3 is 1. The van der Waals surface area contributed by atoms with Crippen molar-refractivity contribution in [3.63, 3.8) is 0 Å². The van der Waals surface area contributed by atoms with Crippen LogP contribution in [0.15, 0.2) is 53.4 Å². The summed E-state index contributed by atoms with van der Waals surface area (Å²) in [6.45, 7) is 4.72. The minimum Gasteiger partial charge on any atom is -0.497 e. The van der Waals surface area contributed by atoms with E-state index in [1.54, 1.807) is 24.3 Å². The Morgan fingerprint density at radius 2 is 1.77 bits per heavy atom. The van der Waals surface area contributed by atoms with Crippen LogP contribution in [0, 0.1) is 17.7 Å². The van der Waals surface area contributed by atoms with Crippen LogP contribution in [0.4, 0.5) is 4.39 Å². The highest BCUT2D eigenvalue weighted by Gasteiger charge is 2.43. The second-order valence-electron chi connectivity index (χ2n) is 7.90. The molecule has 1 aliphatic heterocycles. The van der Waals surface area contributed by atoms with Crippen LogP contribution in [-0.4, -0.2) is 45.4 Å². The third-order valence-corrected chi connectivity index (χ3v) is 7.15. The molecule has 1 aliphatic rings. The van der Waals surface area contributed by atoms with Gasteiger partial charge in [-0.25, -0.2) is 12.8 Å². The second kappa shape index (κ2) is 9.14. The third-order valence-electron chi connectivity index (χ3n) is 5.30. The molecule has 1 fully saturated rings. The van der Waals surface area contributed by atoms with E-state index in [1.165, 1.54) is 35.7 Å². The van der Waals surface area contributed by atoms with Crippen LogP contribution in [0.1, 0.15) is 25.3 Å². The predicted molar refractivity (Wildman–Crippen MR) is 112 cm³/mol. The summed E-state index contributed by atoms with van der Waals surface area (Å²) in [4.78, 5) is 13.0. The van der Waals surface area contributed by atoms with Crippen LogP contribution >= 0.6 is 0 Å². The van der Waals surface area contributed by atoms with E-state index in [-0.39, 0.29) is 41.5 Å². The lowest BCUT2D eigenvalue weighted by Crippen LogP contribution is -2.37. The molecule has 30 heavy (non-hydrogen) atoms. The molecule has 1 heterocycles. The summed E-state index contributed by atoms with van der Waals surface area (Å²) >= 11 is 0. The minimum absolute atomic E-state index is 0.0698. The molecule has 1 N–H and O–H groups in total. The molecule has 0 bridgehead atoms. The first-order valence-corrected chi connectivity index (χ1v) is 11.3. The number of benzene rings is 2. The Hall–Kier alpha value is -2.45. The number of rotatable bonds is 7. The van der Waals surface area contributed by atoms with Gasteiger partial charge in [0.15, 0.2) is 0 Å². The predicted octanol–water partition coefficient (Wildman–Crippen LogP) is 3.01. The van der Waals surface area contributed by atoms with Crippen molar-refractivity contribution in [2.45, 2.75) is 24.7 Å². The molecular formula is C22H27FN2O4S. The van der Waals surface area contributed by atoms with Crippen molar-refractivity contribution in [2.24, 2.45) is 11.8 Å². The molecule has 162 valence electrons. The van der Waals surface area contributed by atoms with Gasteiger partial charge in [0.2, 0.25) is 15.9 Å². The maximum atomic E-state index is 13.4. The summed E-state index contributed by atoms with van der Waals surface area (Å²) < 4.78 is 46.2. The highest BCUT2D eigenvalue weighted by Crippen LogP contribution is 2.36. The molecule has 1 amide bonds. The average Bonchev–Trinajstić information content (AvgIpc) is 3.19. The third kappa shape index (κ3) is 4.82. The molecule has 2 atom stereocenters. The summed E-state index contributed by atoms with van der Waals surface area (Å²) in [7, 11) is -2.28. The lowest BCUT2D eigenvalue weighted by molar-refractivity contribution is -0.125. The van der Waals surface area contributed by atoms with Crippen molar-refractivity contribution in [1.82, 2.24) is 9.62 Å². The maximum Gasteiger partial charge on any atom is 0.243 e. The number of sulfonamides is 1. The zero-order valence-electron chi connectivity index (χ0n) is 17.3. The van der Waals surface area contributed by atoms with Crippen LogP contribution in [0.3, 0.4) is 0 Å². The van der Waals surface area contributed by atoms with Gasteiger partial charge in [0.1, 0.15) is 11.6 Å². The molecule has 6 nitrogen and oxygen atoms in total. The quantitative estimate of drug-likeness (QED) is 0.727. The van der Waals surface area contributed by atoms with Gasteiger partial charge < -0.3 is 10.1 Å². The molecule has 3 rings (SSSR count). The van der Waals surface area contributed by atoms with Gasteiger partial charge >= 0.3 is 0 Å². The number of halogens is 1. The summed E-state index contributed by atoms with van der Waals surface area (Å²) in [5.74, 6) is -0.636. The van der Waals surface area contributed by atoms with E-state index in [4.69, 9.17) is 4.74 Å². The summed E-state index contributed by atoms with van der Waals surface area (Å²) in [5, 5.41) is 2.91. The lowest BCUT2D eigenvalue weighted by atomic mass is 9.88. The van der Waals surface area contributed by atoms with Gasteiger partial charge in [-0.05, 0) is 47.9 Å². The fraction of sp³-hybridized carbons (Fsp3) is 0.409. The molecule has 8 heteroatoms. The molecule has 2 aromatic carbocycles. The topological polar surface area (TPSA) is 75.7 Å². The van der Waals surface area contributed by atoms with Gasteiger partial charge in [0, 0.05) is 25.6 Å². The van der Waals surface area contributed by atoms with Crippen LogP contribution in [0.5, 0.6) is 5.75 Å². The first-order chi connectivity index (χ1) is 14.2. The summed E-state index contributed by atoms with van der Waals surface area (Å²) in [6, 6.07) is 12.1. The number of ether oxygens (including phenoxy) is 1. The van der Waals surface area contributed by atoms with Crippen molar-refractivity contribution in [3.05, 3.63) is 59.9 Å². The zero-order valence-corrected chi connectivity index (χ0v) is 18.2. The van der Waals surface area contributed by atoms with Crippen molar-refractivity contribution in [1.29, 1.82) is 0 Å². The molecular weight excluding hydrogens is 407 g/mol. The van der Waals surface area contributed by atoms with E-state index < -0.39 is 15.9 Å². The number of carbonyl (C=O) groups excluding carboxylic acids is 1. The second-order valence-corrected chi connectivity index (χ2v) is 9.84. The highest BCUT2D eigenvalue weighted by molar-refractivity contribution is 7.89. The largest absolute Gasteiger partial charge is 0.497 e. The Morgan fingerprint density at radius 3 is 2.33 bits per heavy atom. The standard InChI is InChI=1S/C22H27FN2O4S/c1-15(2)12-24-22(26)21-14-25(13-20(21)16-4-6-17(23)7-5-16)30(27,28)19-10-8-18(29-3)9-11-19/h4-11,15,20-21H,12-14H2,1-3H3,(H,24,26)/t20-,21+/m1/s1. The first-order valence-electron chi connectivity index (χ1n) is 9.89. The van der Waals surface area contributed by atoms with Crippen LogP contribution < -0.4 is 10.1 Å². The van der Waals surface area contributed by atoms with E-state index >= 15 is 0 Å². The number of nitrogens with zero attached hydrogens (tertiary/aromatic N) is 1. The molecule has 1 saturated heterocycles. The number of hydrogen-bond acceptors (Lipinski definition) is 4. The van der Waals surface area contributed by atoms with E-state index in [1.807, 2.05) is 13.8 Å². The molecule has 0 spiro atoms. The van der Waals surface area contributed by atoms with Gasteiger partial charge in [-0.2, -0.15) is 4.31 Å². The molecule has 0 saturated carbocycles. The van der Waals surface area contributed by atoms with Crippen LogP contribution in [0.25, 0.3) is 0 Å². The summed E-state index contributed by atoms with van der Waals surface area (Å²) in [5.41, 5.74) is 0.744. The number of hydrogen-bond donors (Lipinski definition) is 1. The minimum atomic E-state index is -3.79. The van der Waals surface area contributed by atoms with E-state index in [0.717, 1.165) is 5.56 Å². The van der Waals surface area contributed by atoms with Gasteiger partial charge in [-0.1, -0.05) is 26.0 Å². The number of nitrogens with one attached hydrogen (secondary N) is 1. The molecule has 0 radical (unpaired) electrons.